The molecule has 3 heteroatoms. The first kappa shape index (κ1) is 16.6. The highest BCUT2D eigenvalue weighted by molar-refractivity contribution is 5.76. The molecule has 2 saturated heterocycles. The maximum atomic E-state index is 12.6. The minimum Gasteiger partial charge on any atom is -0.461 e. The molecule has 1 N–H and O–H groups in total. The monoisotopic (exact) mass is 332 g/mol. The summed E-state index contributed by atoms with van der Waals surface area (Å²) in [5, 5.41) is 0. The molecule has 7 atom stereocenters. The van der Waals surface area contributed by atoms with E-state index in [4.69, 9.17) is 4.74 Å². The van der Waals surface area contributed by atoms with Gasteiger partial charge < -0.3 is 9.64 Å². The minimum absolute atomic E-state index is 0.0856. The van der Waals surface area contributed by atoms with Gasteiger partial charge in [-0.15, -0.1) is 0 Å². The van der Waals surface area contributed by atoms with Crippen LogP contribution in [0.5, 0.6) is 0 Å². The van der Waals surface area contributed by atoms with E-state index in [2.05, 4.69) is 26.8 Å². The Morgan fingerprint density at radius 2 is 2.12 bits per heavy atom. The van der Waals surface area contributed by atoms with Gasteiger partial charge in [-0.1, -0.05) is 38.8 Å². The maximum absolute atomic E-state index is 12.6. The molecule has 0 spiro atoms. The van der Waals surface area contributed by atoms with Crippen LogP contribution in [-0.4, -0.2) is 31.7 Å². The van der Waals surface area contributed by atoms with Gasteiger partial charge in [0.15, 0.2) is 0 Å². The number of likely N-dealkylation sites (tertiary alicyclic amines) is 1. The van der Waals surface area contributed by atoms with Crippen LogP contribution in [0, 0.1) is 29.1 Å². The van der Waals surface area contributed by atoms with E-state index in [9.17, 15) is 4.79 Å². The Morgan fingerprint density at radius 3 is 2.92 bits per heavy atom. The predicted octanol–water partition coefficient (Wildman–Crippen LogP) is 2.62. The highest BCUT2D eigenvalue weighted by Gasteiger charge is 2.52. The molecule has 0 aromatic rings. The first-order valence-electron chi connectivity index (χ1n) is 10.2. The van der Waals surface area contributed by atoms with E-state index in [0.717, 1.165) is 18.9 Å². The van der Waals surface area contributed by atoms with Gasteiger partial charge in [-0.25, -0.2) is 0 Å². The first-order chi connectivity index (χ1) is 11.5. The van der Waals surface area contributed by atoms with E-state index in [1.54, 1.807) is 10.5 Å². The number of carbonyl (C=O) groups excluding carboxylic acids is 1. The number of carbonyl (C=O) groups is 1. The minimum atomic E-state index is 0.0856. The zero-order valence-corrected chi connectivity index (χ0v) is 15.6. The third kappa shape index (κ3) is 2.83. The van der Waals surface area contributed by atoms with Gasteiger partial charge in [0.1, 0.15) is 12.0 Å². The molecule has 1 saturated carbocycles. The van der Waals surface area contributed by atoms with Crippen LogP contribution >= 0.6 is 0 Å². The van der Waals surface area contributed by atoms with Crippen molar-refractivity contribution in [1.29, 1.82) is 0 Å². The summed E-state index contributed by atoms with van der Waals surface area (Å²) < 4.78 is 5.90. The highest BCUT2D eigenvalue weighted by Crippen LogP contribution is 2.53. The number of ether oxygens (including phenoxy) is 1. The van der Waals surface area contributed by atoms with Gasteiger partial charge in [0.2, 0.25) is 0 Å². The van der Waals surface area contributed by atoms with Crippen LogP contribution in [0.2, 0.25) is 0 Å². The topological polar surface area (TPSA) is 30.7 Å². The molecule has 4 aliphatic rings. The van der Waals surface area contributed by atoms with Crippen molar-refractivity contribution < 1.29 is 14.4 Å². The van der Waals surface area contributed by atoms with E-state index < -0.39 is 0 Å². The number of allylic oxidation sites excluding steroid dienone is 1. The lowest BCUT2D eigenvalue weighted by molar-refractivity contribution is -0.911. The van der Waals surface area contributed by atoms with Crippen molar-refractivity contribution in [3.63, 3.8) is 0 Å². The van der Waals surface area contributed by atoms with Gasteiger partial charge in [0.25, 0.3) is 0 Å². The molecule has 2 aliphatic heterocycles. The Labute approximate surface area is 146 Å². The van der Waals surface area contributed by atoms with Gasteiger partial charge in [-0.05, 0) is 43.4 Å². The van der Waals surface area contributed by atoms with Crippen LogP contribution < -0.4 is 4.90 Å². The number of rotatable bonds is 2. The SMILES string of the molecule is C[C@@H]1CCC[NH+](C[C@@H]2C(=O)O[C@H]3C[C@]4(C)CCC[C@@H](C)C4=C[C@@H]32)C1. The molecule has 0 aromatic heterocycles. The summed E-state index contributed by atoms with van der Waals surface area (Å²) >= 11 is 0. The molecule has 0 radical (unpaired) electrons. The first-order valence-corrected chi connectivity index (χ1v) is 10.2. The number of hydrogen-bond acceptors (Lipinski definition) is 2. The molecular formula is C21H34NO2+. The number of hydrogen-bond donors (Lipinski definition) is 1. The van der Waals surface area contributed by atoms with Gasteiger partial charge in [0, 0.05) is 11.8 Å². The van der Waals surface area contributed by atoms with E-state index in [-0.39, 0.29) is 23.4 Å². The van der Waals surface area contributed by atoms with Crippen molar-refractivity contribution >= 4 is 5.97 Å². The van der Waals surface area contributed by atoms with E-state index >= 15 is 0 Å². The Morgan fingerprint density at radius 1 is 1.29 bits per heavy atom. The van der Waals surface area contributed by atoms with Gasteiger partial charge in [-0.3, -0.25) is 4.79 Å². The van der Waals surface area contributed by atoms with Crippen molar-refractivity contribution in [2.24, 2.45) is 29.1 Å². The number of nitrogens with one attached hydrogen (secondary N) is 1. The summed E-state index contributed by atoms with van der Waals surface area (Å²) in [5.41, 5.74) is 1.92. The molecule has 134 valence electrons. The molecule has 2 aliphatic carbocycles. The van der Waals surface area contributed by atoms with Gasteiger partial charge in [0.05, 0.1) is 19.6 Å². The van der Waals surface area contributed by atoms with Crippen LogP contribution in [0.4, 0.5) is 0 Å². The third-order valence-corrected chi connectivity index (χ3v) is 7.45. The maximum Gasteiger partial charge on any atom is 0.315 e. The van der Waals surface area contributed by atoms with Crippen molar-refractivity contribution in [2.45, 2.75) is 65.4 Å². The molecule has 4 rings (SSSR count). The largest absolute Gasteiger partial charge is 0.461 e. The van der Waals surface area contributed by atoms with Crippen molar-refractivity contribution in [3.8, 4) is 0 Å². The van der Waals surface area contributed by atoms with Crippen molar-refractivity contribution in [1.82, 2.24) is 0 Å². The normalized spacial score (nSPS) is 48.3. The van der Waals surface area contributed by atoms with Crippen LogP contribution in [0.25, 0.3) is 0 Å². The molecule has 3 fully saturated rings. The number of quaternary nitrogens is 1. The summed E-state index contributed by atoms with van der Waals surface area (Å²) in [7, 11) is 0. The molecule has 3 nitrogen and oxygen atoms in total. The fraction of sp³-hybridized carbons (Fsp3) is 0.857. The summed E-state index contributed by atoms with van der Waals surface area (Å²) in [6.45, 7) is 10.6. The fourth-order valence-corrected chi connectivity index (χ4v) is 6.18. The second kappa shape index (κ2) is 6.16. The second-order valence-electron chi connectivity index (χ2n) is 9.49. The Bertz CT molecular complexity index is 542. The van der Waals surface area contributed by atoms with Gasteiger partial charge >= 0.3 is 5.97 Å². The lowest BCUT2D eigenvalue weighted by atomic mass is 9.59. The average Bonchev–Trinajstić information content (AvgIpc) is 2.80. The highest BCUT2D eigenvalue weighted by atomic mass is 16.6. The van der Waals surface area contributed by atoms with Crippen LogP contribution in [0.15, 0.2) is 11.6 Å². The van der Waals surface area contributed by atoms with Crippen LogP contribution in [0.1, 0.15) is 59.3 Å². The lowest BCUT2D eigenvalue weighted by Gasteiger charge is -2.46. The molecule has 1 unspecified atom stereocenters. The summed E-state index contributed by atoms with van der Waals surface area (Å²) in [6, 6.07) is 0. The van der Waals surface area contributed by atoms with Crippen molar-refractivity contribution in [3.05, 3.63) is 11.6 Å². The molecule has 0 aromatic carbocycles. The zero-order chi connectivity index (χ0) is 16.9. The van der Waals surface area contributed by atoms with Crippen molar-refractivity contribution in [2.75, 3.05) is 19.6 Å². The molecular weight excluding hydrogens is 298 g/mol. The molecule has 0 bridgehead atoms. The number of piperidine rings is 1. The molecule has 0 amide bonds. The van der Waals surface area contributed by atoms with Gasteiger partial charge in [-0.2, -0.15) is 0 Å². The summed E-state index contributed by atoms with van der Waals surface area (Å²) in [5.74, 6) is 2.01. The Balaban J connectivity index is 1.55. The second-order valence-corrected chi connectivity index (χ2v) is 9.49. The zero-order valence-electron chi connectivity index (χ0n) is 15.6. The predicted molar refractivity (Wildman–Crippen MR) is 94.6 cm³/mol. The molecule has 24 heavy (non-hydrogen) atoms. The Hall–Kier alpha value is -0.830. The smallest absolute Gasteiger partial charge is 0.315 e. The molecule has 2 heterocycles. The third-order valence-electron chi connectivity index (χ3n) is 7.45. The quantitative estimate of drug-likeness (QED) is 0.622. The average molecular weight is 333 g/mol. The Kier molecular flexibility index (Phi) is 4.27. The number of fused-ring (bicyclic) bond motifs is 2. The summed E-state index contributed by atoms with van der Waals surface area (Å²) in [6.07, 6.45) is 10.3. The summed E-state index contributed by atoms with van der Waals surface area (Å²) in [4.78, 5) is 14.2. The fourth-order valence-electron chi connectivity index (χ4n) is 6.18. The standard InChI is InChI=1S/C21H33NO2/c1-14-6-5-9-22(12-14)13-17-16-10-18-15(2)7-4-8-21(18,3)11-19(16)24-20(17)23/h10,14-17,19H,4-9,11-13H2,1-3H3/p+1/t14-,15-,16-,17+,19+,21+/m1/s1. The van der Waals surface area contributed by atoms with Crippen LogP contribution in [0.3, 0.4) is 0 Å². The van der Waals surface area contributed by atoms with Crippen LogP contribution in [-0.2, 0) is 9.53 Å². The lowest BCUT2D eigenvalue weighted by Crippen LogP contribution is -3.14. The van der Waals surface area contributed by atoms with E-state index in [1.807, 2.05) is 0 Å². The van der Waals surface area contributed by atoms with E-state index in [1.165, 1.54) is 45.2 Å². The number of esters is 1. The van der Waals surface area contributed by atoms with E-state index in [0.29, 0.717) is 11.8 Å².